The summed E-state index contributed by atoms with van der Waals surface area (Å²) in [5.41, 5.74) is 4.56. The first-order valence-electron chi connectivity index (χ1n) is 7.28. The Morgan fingerprint density at radius 2 is 1.57 bits per heavy atom. The molecule has 0 heterocycles. The molecule has 0 aliphatic heterocycles. The van der Waals surface area contributed by atoms with Gasteiger partial charge in [-0.2, -0.15) is 0 Å². The van der Waals surface area contributed by atoms with Crippen molar-refractivity contribution in [2.24, 2.45) is 0 Å². The molecule has 0 fully saturated rings. The van der Waals surface area contributed by atoms with Crippen LogP contribution in [-0.2, 0) is 6.42 Å². The minimum atomic E-state index is -0.571. The molecular formula is C18H19BrO2. The Hall–Kier alpha value is -1.16. The van der Waals surface area contributed by atoms with Gasteiger partial charge in [-0.25, -0.2) is 0 Å². The number of rotatable bonds is 3. The maximum atomic E-state index is 10.9. The van der Waals surface area contributed by atoms with Crippen LogP contribution in [0.2, 0.25) is 0 Å². The highest BCUT2D eigenvalue weighted by molar-refractivity contribution is 9.09. The number of benzene rings is 2. The summed E-state index contributed by atoms with van der Waals surface area (Å²) in [6.45, 7) is 0. The topological polar surface area (TPSA) is 40.5 Å². The van der Waals surface area contributed by atoms with Crippen LogP contribution in [-0.4, -0.2) is 21.6 Å². The predicted molar refractivity (Wildman–Crippen MR) is 87.8 cm³/mol. The molecular weight excluding hydrogens is 328 g/mol. The standard InChI is InChI=1S/C18H19BrO2/c19-11-14(20)10-17-15-7-3-1-5-12(15)9-13-6-2-4-8-16(13)18(17)21/h1-8,14,17-18,20-21H,9-11H2/t14-,17+,18+/m0/s1. The molecule has 0 amide bonds. The third-order valence-electron chi connectivity index (χ3n) is 4.29. The maximum Gasteiger partial charge on any atom is 0.0862 e. The molecule has 0 saturated carbocycles. The lowest BCUT2D eigenvalue weighted by Gasteiger charge is -2.25. The lowest BCUT2D eigenvalue weighted by atomic mass is 9.85. The van der Waals surface area contributed by atoms with Gasteiger partial charge in [-0.15, -0.1) is 0 Å². The molecule has 0 bridgehead atoms. The van der Waals surface area contributed by atoms with Gasteiger partial charge in [-0.3, -0.25) is 0 Å². The molecule has 3 heteroatoms. The molecule has 110 valence electrons. The second-order valence-electron chi connectivity index (χ2n) is 5.67. The molecule has 1 aliphatic rings. The average molecular weight is 347 g/mol. The first-order chi connectivity index (χ1) is 10.2. The number of aliphatic hydroxyl groups is 2. The smallest absolute Gasteiger partial charge is 0.0862 e. The van der Waals surface area contributed by atoms with Gasteiger partial charge in [0, 0.05) is 11.2 Å². The third kappa shape index (κ3) is 2.91. The van der Waals surface area contributed by atoms with Crippen LogP contribution in [0.4, 0.5) is 0 Å². The van der Waals surface area contributed by atoms with Gasteiger partial charge in [0.1, 0.15) is 0 Å². The summed E-state index contributed by atoms with van der Waals surface area (Å²) in [5, 5.41) is 21.4. The van der Waals surface area contributed by atoms with Crippen LogP contribution >= 0.6 is 15.9 Å². The van der Waals surface area contributed by atoms with E-state index in [1.54, 1.807) is 0 Å². The number of hydrogen-bond acceptors (Lipinski definition) is 2. The van der Waals surface area contributed by atoms with E-state index in [1.165, 1.54) is 11.1 Å². The molecule has 1 aliphatic carbocycles. The van der Waals surface area contributed by atoms with Crippen molar-refractivity contribution in [2.75, 3.05) is 5.33 Å². The summed E-state index contributed by atoms with van der Waals surface area (Å²) in [5.74, 6) is -0.0719. The molecule has 0 unspecified atom stereocenters. The van der Waals surface area contributed by atoms with E-state index in [9.17, 15) is 10.2 Å². The van der Waals surface area contributed by atoms with Gasteiger partial charge in [0.15, 0.2) is 0 Å². The largest absolute Gasteiger partial charge is 0.392 e. The first-order valence-corrected chi connectivity index (χ1v) is 8.40. The van der Waals surface area contributed by atoms with Gasteiger partial charge in [0.25, 0.3) is 0 Å². The van der Waals surface area contributed by atoms with Crippen molar-refractivity contribution in [1.82, 2.24) is 0 Å². The number of alkyl halides is 1. The van der Waals surface area contributed by atoms with E-state index in [2.05, 4.69) is 34.1 Å². The first kappa shape index (κ1) is 14.8. The lowest BCUT2D eigenvalue weighted by molar-refractivity contribution is 0.103. The van der Waals surface area contributed by atoms with Crippen LogP contribution in [0, 0.1) is 0 Å². The van der Waals surface area contributed by atoms with Crippen LogP contribution in [0.1, 0.15) is 40.7 Å². The van der Waals surface area contributed by atoms with Crippen LogP contribution in [0.5, 0.6) is 0 Å². The SMILES string of the molecule is O[C@H](CBr)C[C@@H]1c2ccccc2Cc2ccccc2[C@H]1O. The second-order valence-corrected chi connectivity index (χ2v) is 6.32. The molecule has 0 radical (unpaired) electrons. The molecule has 2 aromatic carbocycles. The zero-order chi connectivity index (χ0) is 14.8. The third-order valence-corrected chi connectivity index (χ3v) is 5.04. The van der Waals surface area contributed by atoms with Crippen molar-refractivity contribution in [3.63, 3.8) is 0 Å². The highest BCUT2D eigenvalue weighted by Crippen LogP contribution is 2.41. The van der Waals surface area contributed by atoms with Crippen LogP contribution in [0.25, 0.3) is 0 Å². The van der Waals surface area contributed by atoms with Gasteiger partial charge in [0.05, 0.1) is 12.2 Å². The summed E-state index contributed by atoms with van der Waals surface area (Å²) in [4.78, 5) is 0. The summed E-state index contributed by atoms with van der Waals surface area (Å²) >= 11 is 3.32. The van der Waals surface area contributed by atoms with Gasteiger partial charge >= 0.3 is 0 Å². The van der Waals surface area contributed by atoms with E-state index in [1.807, 2.05) is 30.3 Å². The van der Waals surface area contributed by atoms with Gasteiger partial charge in [-0.05, 0) is 35.1 Å². The Kier molecular flexibility index (Phi) is 4.43. The number of hydrogen-bond donors (Lipinski definition) is 2. The van der Waals surface area contributed by atoms with Crippen LogP contribution < -0.4 is 0 Å². The zero-order valence-electron chi connectivity index (χ0n) is 11.7. The fourth-order valence-electron chi connectivity index (χ4n) is 3.24. The highest BCUT2D eigenvalue weighted by Gasteiger charge is 2.30. The minimum absolute atomic E-state index is 0.0719. The molecule has 0 saturated heterocycles. The van der Waals surface area contributed by atoms with E-state index in [0.717, 1.165) is 17.5 Å². The Bertz CT molecular complexity index is 626. The van der Waals surface area contributed by atoms with Crippen molar-refractivity contribution in [1.29, 1.82) is 0 Å². The number of fused-ring (bicyclic) bond motifs is 2. The fourth-order valence-corrected chi connectivity index (χ4v) is 3.51. The Morgan fingerprint density at radius 3 is 2.24 bits per heavy atom. The van der Waals surface area contributed by atoms with Gasteiger partial charge in [-0.1, -0.05) is 64.5 Å². The molecule has 3 rings (SSSR count). The number of halogens is 1. The molecule has 21 heavy (non-hydrogen) atoms. The van der Waals surface area contributed by atoms with Gasteiger partial charge in [0.2, 0.25) is 0 Å². The second kappa shape index (κ2) is 6.30. The Balaban J connectivity index is 2.09. The van der Waals surface area contributed by atoms with Crippen molar-refractivity contribution in [3.05, 3.63) is 70.8 Å². The summed E-state index contributed by atoms with van der Waals surface area (Å²) in [7, 11) is 0. The molecule has 0 aromatic heterocycles. The molecule has 3 atom stereocenters. The summed E-state index contributed by atoms with van der Waals surface area (Å²) < 4.78 is 0. The van der Waals surface area contributed by atoms with Gasteiger partial charge < -0.3 is 10.2 Å². The highest BCUT2D eigenvalue weighted by atomic mass is 79.9. The van der Waals surface area contributed by atoms with Crippen molar-refractivity contribution in [2.45, 2.75) is 31.0 Å². The Labute approximate surface area is 133 Å². The lowest BCUT2D eigenvalue weighted by Crippen LogP contribution is -2.19. The molecule has 2 nitrogen and oxygen atoms in total. The van der Waals surface area contributed by atoms with E-state index in [-0.39, 0.29) is 5.92 Å². The van der Waals surface area contributed by atoms with E-state index < -0.39 is 12.2 Å². The quantitative estimate of drug-likeness (QED) is 0.834. The molecule has 2 N–H and O–H groups in total. The zero-order valence-corrected chi connectivity index (χ0v) is 13.3. The fraction of sp³-hybridized carbons (Fsp3) is 0.333. The Morgan fingerprint density at radius 1 is 1.00 bits per heavy atom. The van der Waals surface area contributed by atoms with E-state index in [0.29, 0.717) is 11.8 Å². The monoisotopic (exact) mass is 346 g/mol. The molecule has 2 aromatic rings. The average Bonchev–Trinajstić information content (AvgIpc) is 2.63. The van der Waals surface area contributed by atoms with E-state index in [4.69, 9.17) is 0 Å². The summed E-state index contributed by atoms with van der Waals surface area (Å²) in [6, 6.07) is 16.3. The normalized spacial score (nSPS) is 22.0. The van der Waals surface area contributed by atoms with Crippen molar-refractivity contribution < 1.29 is 10.2 Å². The molecule has 0 spiro atoms. The van der Waals surface area contributed by atoms with Crippen LogP contribution in [0.3, 0.4) is 0 Å². The maximum absolute atomic E-state index is 10.9. The van der Waals surface area contributed by atoms with Crippen molar-refractivity contribution >= 4 is 15.9 Å². The van der Waals surface area contributed by atoms with Crippen LogP contribution in [0.15, 0.2) is 48.5 Å². The summed E-state index contributed by atoms with van der Waals surface area (Å²) in [6.07, 6.45) is 0.365. The predicted octanol–water partition coefficient (Wildman–Crippen LogP) is 3.55. The number of aliphatic hydroxyl groups excluding tert-OH is 2. The minimum Gasteiger partial charge on any atom is -0.392 e. The van der Waals surface area contributed by atoms with E-state index >= 15 is 0 Å². The van der Waals surface area contributed by atoms with Crippen molar-refractivity contribution in [3.8, 4) is 0 Å².